The van der Waals surface area contributed by atoms with Crippen LogP contribution in [0.5, 0.6) is 0 Å². The lowest BCUT2D eigenvalue weighted by atomic mass is 10.1. The molecule has 0 fully saturated rings. The van der Waals surface area contributed by atoms with Crippen LogP contribution in [0.15, 0.2) is 82.2 Å². The first-order valence-corrected chi connectivity index (χ1v) is 12.3. The van der Waals surface area contributed by atoms with Crippen molar-refractivity contribution < 1.29 is 17.6 Å². The average Bonchev–Trinajstić information content (AvgIpc) is 3.21. The van der Waals surface area contributed by atoms with Gasteiger partial charge in [0.2, 0.25) is 10.0 Å². The molecule has 1 aromatic heterocycles. The lowest BCUT2D eigenvalue weighted by Crippen LogP contribution is -2.11. The van der Waals surface area contributed by atoms with Crippen molar-refractivity contribution in [3.8, 4) is 21.7 Å². The first kappa shape index (κ1) is 22.3. The molecule has 32 heavy (non-hydrogen) atoms. The highest BCUT2D eigenvalue weighted by atomic mass is 79.9. The van der Waals surface area contributed by atoms with Crippen molar-refractivity contribution in [2.45, 2.75) is 4.90 Å². The van der Waals surface area contributed by atoms with E-state index in [0.29, 0.717) is 27.4 Å². The van der Waals surface area contributed by atoms with Gasteiger partial charge in [-0.3, -0.25) is 4.79 Å². The van der Waals surface area contributed by atoms with Crippen molar-refractivity contribution in [2.75, 3.05) is 5.32 Å². The molecule has 162 valence electrons. The number of nitrogens with one attached hydrogen (secondary N) is 1. The third kappa shape index (κ3) is 4.94. The largest absolute Gasteiger partial charge is 0.320 e. The van der Waals surface area contributed by atoms with Crippen LogP contribution in [0.1, 0.15) is 9.80 Å². The van der Waals surface area contributed by atoms with E-state index in [-0.39, 0.29) is 9.90 Å². The van der Waals surface area contributed by atoms with Gasteiger partial charge in [-0.2, -0.15) is 0 Å². The van der Waals surface area contributed by atoms with Gasteiger partial charge in [0, 0.05) is 15.7 Å². The molecule has 0 aliphatic heterocycles. The molecule has 0 aliphatic rings. The number of benzene rings is 3. The summed E-state index contributed by atoms with van der Waals surface area (Å²) >= 11 is 4.50. The molecule has 0 bridgehead atoms. The minimum Gasteiger partial charge on any atom is -0.320 e. The molecule has 1 heterocycles. The summed E-state index contributed by atoms with van der Waals surface area (Å²) in [5, 5.41) is 8.18. The van der Waals surface area contributed by atoms with E-state index in [1.54, 1.807) is 48.5 Å². The van der Waals surface area contributed by atoms with E-state index >= 15 is 0 Å². The predicted octanol–water partition coefficient (Wildman–Crippen LogP) is 5.28. The van der Waals surface area contributed by atoms with Gasteiger partial charge >= 0.3 is 0 Å². The number of carbonyl (C=O) groups excluding carboxylic acids is 1. The van der Waals surface area contributed by atoms with Gasteiger partial charge in [-0.1, -0.05) is 28.1 Å². The molecule has 0 saturated heterocycles. The first-order valence-electron chi connectivity index (χ1n) is 9.17. The number of amides is 1. The van der Waals surface area contributed by atoms with Crippen molar-refractivity contribution in [3.05, 3.63) is 88.1 Å². The summed E-state index contributed by atoms with van der Waals surface area (Å²) in [7, 11) is -3.84. The fraction of sp³-hybridized carbons (Fsp3) is 0. The minimum absolute atomic E-state index is 0.0256. The van der Waals surface area contributed by atoms with Gasteiger partial charge in [-0.05, 0) is 66.2 Å². The van der Waals surface area contributed by atoms with Gasteiger partial charge in [0.1, 0.15) is 5.82 Å². The number of sulfonamides is 1. The van der Waals surface area contributed by atoms with E-state index in [1.807, 2.05) is 0 Å². The normalized spacial score (nSPS) is 11.3. The van der Waals surface area contributed by atoms with E-state index in [2.05, 4.69) is 26.2 Å². The van der Waals surface area contributed by atoms with Crippen molar-refractivity contribution >= 4 is 48.9 Å². The van der Waals surface area contributed by atoms with Crippen molar-refractivity contribution in [1.82, 2.24) is 4.98 Å². The third-order valence-corrected chi connectivity index (χ3v) is 7.05. The second-order valence-corrected chi connectivity index (χ2v) is 10.2. The highest BCUT2D eigenvalue weighted by Gasteiger charge is 2.20. The molecule has 3 N–H and O–H groups in total. The van der Waals surface area contributed by atoms with Crippen LogP contribution in [0.2, 0.25) is 0 Å². The predicted molar refractivity (Wildman–Crippen MR) is 126 cm³/mol. The number of hydrogen-bond acceptors (Lipinski definition) is 5. The Morgan fingerprint density at radius 1 is 0.938 bits per heavy atom. The van der Waals surface area contributed by atoms with Crippen molar-refractivity contribution in [3.63, 3.8) is 0 Å². The smallest absolute Gasteiger partial charge is 0.284 e. The first-order chi connectivity index (χ1) is 15.2. The summed E-state index contributed by atoms with van der Waals surface area (Å²) in [6.07, 6.45) is 0. The summed E-state index contributed by atoms with van der Waals surface area (Å²) < 4.78 is 37.4. The Balaban J connectivity index is 1.75. The average molecular weight is 532 g/mol. The van der Waals surface area contributed by atoms with E-state index in [0.717, 1.165) is 15.8 Å². The van der Waals surface area contributed by atoms with Crippen LogP contribution < -0.4 is 10.5 Å². The highest BCUT2D eigenvalue weighted by Crippen LogP contribution is 2.37. The number of aromatic nitrogens is 1. The number of halogens is 2. The van der Waals surface area contributed by atoms with Gasteiger partial charge in [-0.25, -0.2) is 22.9 Å². The van der Waals surface area contributed by atoms with Crippen LogP contribution in [-0.2, 0) is 10.0 Å². The van der Waals surface area contributed by atoms with Gasteiger partial charge in [0.25, 0.3) is 5.91 Å². The van der Waals surface area contributed by atoms with Gasteiger partial charge in [0.15, 0.2) is 5.01 Å². The Labute approximate surface area is 196 Å². The molecular formula is C22H15BrFN3O3S2. The van der Waals surface area contributed by atoms with E-state index in [1.165, 1.54) is 24.3 Å². The zero-order chi connectivity index (χ0) is 22.9. The van der Waals surface area contributed by atoms with E-state index in [4.69, 9.17) is 5.14 Å². The van der Waals surface area contributed by atoms with Crippen LogP contribution in [0.4, 0.5) is 10.1 Å². The minimum atomic E-state index is -3.84. The molecule has 3 aromatic carbocycles. The molecule has 6 nitrogen and oxygen atoms in total. The topological polar surface area (TPSA) is 102 Å². The maximum Gasteiger partial charge on any atom is 0.284 e. The molecule has 0 radical (unpaired) electrons. The SMILES string of the molecule is NS(=O)(=O)c1ccc(-c2sc(C(=O)Nc3ccc(Br)cc3)nc2-c2ccc(F)cc2)cc1. The molecule has 10 heteroatoms. The van der Waals surface area contributed by atoms with Crippen LogP contribution in [0.3, 0.4) is 0 Å². The molecular weight excluding hydrogens is 517 g/mol. The maximum absolute atomic E-state index is 13.4. The fourth-order valence-corrected chi connectivity index (χ4v) is 4.70. The quantitative estimate of drug-likeness (QED) is 0.365. The number of nitrogens with zero attached hydrogens (tertiary/aromatic N) is 1. The Morgan fingerprint density at radius 3 is 2.12 bits per heavy atom. The van der Waals surface area contributed by atoms with E-state index in [9.17, 15) is 17.6 Å². The lowest BCUT2D eigenvalue weighted by molar-refractivity contribution is 0.102. The van der Waals surface area contributed by atoms with Gasteiger partial charge in [0.05, 0.1) is 15.5 Å². The highest BCUT2D eigenvalue weighted by molar-refractivity contribution is 9.10. The van der Waals surface area contributed by atoms with Crippen LogP contribution in [0, 0.1) is 5.82 Å². The van der Waals surface area contributed by atoms with E-state index < -0.39 is 21.7 Å². The monoisotopic (exact) mass is 531 g/mol. The van der Waals surface area contributed by atoms with Gasteiger partial charge in [-0.15, -0.1) is 11.3 Å². The molecule has 0 atom stereocenters. The zero-order valence-corrected chi connectivity index (χ0v) is 19.5. The van der Waals surface area contributed by atoms with Crippen LogP contribution >= 0.6 is 27.3 Å². The number of primary sulfonamides is 1. The van der Waals surface area contributed by atoms with Crippen LogP contribution in [0.25, 0.3) is 21.7 Å². The summed E-state index contributed by atoms with van der Waals surface area (Å²) in [6, 6.07) is 18.8. The summed E-state index contributed by atoms with van der Waals surface area (Å²) in [6.45, 7) is 0. The molecule has 4 rings (SSSR count). The Morgan fingerprint density at radius 2 is 1.53 bits per heavy atom. The molecule has 4 aromatic rings. The Hall–Kier alpha value is -2.92. The fourth-order valence-electron chi connectivity index (χ4n) is 2.93. The zero-order valence-electron chi connectivity index (χ0n) is 16.2. The van der Waals surface area contributed by atoms with Crippen LogP contribution in [-0.4, -0.2) is 19.3 Å². The van der Waals surface area contributed by atoms with Crippen molar-refractivity contribution in [1.29, 1.82) is 0 Å². The number of thiazole rings is 1. The Bertz CT molecular complexity index is 1390. The maximum atomic E-state index is 13.4. The lowest BCUT2D eigenvalue weighted by Gasteiger charge is -2.04. The van der Waals surface area contributed by atoms with Crippen molar-refractivity contribution in [2.24, 2.45) is 5.14 Å². The number of anilines is 1. The number of carbonyl (C=O) groups is 1. The molecule has 0 unspecified atom stereocenters. The molecule has 0 saturated carbocycles. The second-order valence-electron chi connectivity index (χ2n) is 6.73. The third-order valence-electron chi connectivity index (χ3n) is 4.49. The Kier molecular flexibility index (Phi) is 6.20. The summed E-state index contributed by atoms with van der Waals surface area (Å²) in [4.78, 5) is 18.0. The molecule has 0 spiro atoms. The number of nitrogens with two attached hydrogens (primary N) is 1. The van der Waals surface area contributed by atoms with Gasteiger partial charge < -0.3 is 5.32 Å². The molecule has 1 amide bonds. The summed E-state index contributed by atoms with van der Waals surface area (Å²) in [5.41, 5.74) is 2.36. The summed E-state index contributed by atoms with van der Waals surface area (Å²) in [5.74, 6) is -0.788. The number of rotatable bonds is 5. The number of hydrogen-bond donors (Lipinski definition) is 2. The standard InChI is InChI=1S/C22H15BrFN3O3S2/c23-15-5-9-17(10-6-15)26-21(28)22-27-19(13-1-7-16(24)8-2-13)20(31-22)14-3-11-18(12-4-14)32(25,29)30/h1-12H,(H,26,28)(H2,25,29,30). The second kappa shape index (κ2) is 8.91. The molecule has 0 aliphatic carbocycles.